The van der Waals surface area contributed by atoms with Gasteiger partial charge in [-0.1, -0.05) is 49.6 Å². The van der Waals surface area contributed by atoms with Gasteiger partial charge in [-0.25, -0.2) is 0 Å². The number of hydrogen-bond acceptors (Lipinski definition) is 0. The van der Waals surface area contributed by atoms with E-state index in [2.05, 4.69) is 25.1 Å². The Morgan fingerprint density at radius 1 is 1.29 bits per heavy atom. The first-order valence-corrected chi connectivity index (χ1v) is 7.09. The predicted molar refractivity (Wildman–Crippen MR) is 74.1 cm³/mol. The maximum atomic E-state index is 5.93. The van der Waals surface area contributed by atoms with Gasteiger partial charge in [-0.2, -0.15) is 0 Å². The molecule has 1 aromatic rings. The van der Waals surface area contributed by atoms with Crippen molar-refractivity contribution in [1.29, 1.82) is 0 Å². The minimum Gasteiger partial charge on any atom is -0.0843 e. The average Bonchev–Trinajstić information content (AvgIpc) is 2.90. The lowest BCUT2D eigenvalue weighted by atomic mass is 9.97. The van der Waals surface area contributed by atoms with Gasteiger partial charge < -0.3 is 0 Å². The summed E-state index contributed by atoms with van der Waals surface area (Å²) in [7, 11) is 0. The van der Waals surface area contributed by atoms with Crippen LogP contribution in [-0.2, 0) is 0 Å². The van der Waals surface area contributed by atoms with Crippen molar-refractivity contribution in [3.8, 4) is 0 Å². The zero-order valence-electron chi connectivity index (χ0n) is 10.4. The molecule has 2 aliphatic rings. The second-order valence-corrected chi connectivity index (χ2v) is 6.05. The van der Waals surface area contributed by atoms with Gasteiger partial charge in [0.25, 0.3) is 0 Å². The minimum absolute atomic E-state index is 0.588. The monoisotopic (exact) mass is 246 g/mol. The third kappa shape index (κ3) is 2.04. The number of unbranched alkanes of at least 4 members (excludes halogenated alkanes) is 1. The Balaban J connectivity index is 1.78. The summed E-state index contributed by atoms with van der Waals surface area (Å²) in [5.41, 5.74) is 3.51. The van der Waals surface area contributed by atoms with Crippen LogP contribution in [0.1, 0.15) is 44.6 Å². The Kier molecular flexibility index (Phi) is 2.78. The molecule has 2 aliphatic carbocycles. The van der Waals surface area contributed by atoms with Crippen molar-refractivity contribution in [2.24, 2.45) is 11.3 Å². The van der Waals surface area contributed by atoms with Crippen molar-refractivity contribution in [1.82, 2.24) is 0 Å². The van der Waals surface area contributed by atoms with E-state index in [0.717, 1.165) is 10.9 Å². The quantitative estimate of drug-likeness (QED) is 0.674. The maximum Gasteiger partial charge on any atom is 0.0406 e. The fourth-order valence-corrected chi connectivity index (χ4v) is 3.40. The molecule has 17 heavy (non-hydrogen) atoms. The number of benzene rings is 1. The highest BCUT2D eigenvalue weighted by Gasteiger charge is 2.55. The second kappa shape index (κ2) is 4.17. The first-order valence-electron chi connectivity index (χ1n) is 6.71. The molecule has 0 heterocycles. The molecule has 1 aromatic carbocycles. The molecule has 0 aromatic heterocycles. The van der Waals surface area contributed by atoms with Crippen LogP contribution in [0.15, 0.2) is 30.3 Å². The van der Waals surface area contributed by atoms with E-state index >= 15 is 0 Å². The largest absolute Gasteiger partial charge is 0.0843 e. The summed E-state index contributed by atoms with van der Waals surface area (Å²) in [6.45, 7) is 2.28. The molecule has 0 amide bonds. The molecule has 0 spiro atoms. The Labute approximate surface area is 109 Å². The van der Waals surface area contributed by atoms with Gasteiger partial charge in [0, 0.05) is 5.02 Å². The van der Waals surface area contributed by atoms with Gasteiger partial charge in [-0.15, -0.1) is 0 Å². The molecule has 1 saturated carbocycles. The molecular weight excluding hydrogens is 228 g/mol. The van der Waals surface area contributed by atoms with E-state index in [1.54, 1.807) is 5.57 Å². The summed E-state index contributed by atoms with van der Waals surface area (Å²) in [6.07, 6.45) is 9.37. The molecule has 0 radical (unpaired) electrons. The number of halogens is 1. The van der Waals surface area contributed by atoms with Crippen LogP contribution in [0.5, 0.6) is 0 Å². The van der Waals surface area contributed by atoms with E-state index in [1.165, 1.54) is 37.7 Å². The van der Waals surface area contributed by atoms with Gasteiger partial charge in [0.1, 0.15) is 0 Å². The van der Waals surface area contributed by atoms with Gasteiger partial charge in [0.2, 0.25) is 0 Å². The molecule has 0 saturated heterocycles. The fourth-order valence-electron chi connectivity index (χ4n) is 3.27. The molecule has 1 fully saturated rings. The summed E-state index contributed by atoms with van der Waals surface area (Å²) in [5, 5.41) is 0.832. The third-order valence-electron chi connectivity index (χ3n) is 4.42. The number of hydrogen-bond donors (Lipinski definition) is 0. The van der Waals surface area contributed by atoms with Gasteiger partial charge >= 0.3 is 0 Å². The highest BCUT2D eigenvalue weighted by Crippen LogP contribution is 2.65. The highest BCUT2D eigenvalue weighted by molar-refractivity contribution is 6.30. The van der Waals surface area contributed by atoms with Crippen molar-refractivity contribution >= 4 is 17.2 Å². The lowest BCUT2D eigenvalue weighted by Gasteiger charge is -2.08. The van der Waals surface area contributed by atoms with Crippen molar-refractivity contribution < 1.29 is 0 Å². The second-order valence-electron chi connectivity index (χ2n) is 5.62. The van der Waals surface area contributed by atoms with Crippen LogP contribution in [0.2, 0.25) is 5.02 Å². The average molecular weight is 247 g/mol. The lowest BCUT2D eigenvalue weighted by Crippen LogP contribution is -1.95. The maximum absolute atomic E-state index is 5.93. The van der Waals surface area contributed by atoms with E-state index < -0.39 is 0 Å². The topological polar surface area (TPSA) is 0 Å². The van der Waals surface area contributed by atoms with Crippen LogP contribution in [0.3, 0.4) is 0 Å². The molecular formula is C16H19Cl. The summed E-state index contributed by atoms with van der Waals surface area (Å²) in [4.78, 5) is 0. The van der Waals surface area contributed by atoms with E-state index in [-0.39, 0.29) is 0 Å². The van der Waals surface area contributed by atoms with Crippen LogP contribution in [-0.4, -0.2) is 0 Å². The number of allylic oxidation sites excluding steroid dienone is 2. The molecule has 0 bridgehead atoms. The van der Waals surface area contributed by atoms with Gasteiger partial charge in [0.05, 0.1) is 0 Å². The molecule has 0 unspecified atom stereocenters. The third-order valence-corrected chi connectivity index (χ3v) is 4.67. The SMILES string of the molecule is CCCC[C@@]12C=C(c3ccc(Cl)cc3)C[C@@H]1C2. The number of fused-ring (bicyclic) bond motifs is 1. The Hall–Kier alpha value is -0.750. The molecule has 0 N–H and O–H groups in total. The van der Waals surface area contributed by atoms with E-state index in [9.17, 15) is 0 Å². The standard InChI is InChI=1S/C16H19Cl/c1-2-3-8-16-10-13(9-14(16)11-16)12-4-6-15(17)7-5-12/h4-7,10,14H,2-3,8-9,11H2,1H3/t14-,16+/m1/s1. The number of rotatable bonds is 4. The molecule has 1 heteroatoms. The molecule has 0 aliphatic heterocycles. The van der Waals surface area contributed by atoms with Crippen LogP contribution < -0.4 is 0 Å². The predicted octanol–water partition coefficient (Wildman–Crippen LogP) is 5.32. The first kappa shape index (κ1) is 11.3. The first-order chi connectivity index (χ1) is 8.23. The molecule has 2 atom stereocenters. The fraction of sp³-hybridized carbons (Fsp3) is 0.500. The molecule has 0 nitrogen and oxygen atoms in total. The zero-order valence-corrected chi connectivity index (χ0v) is 11.1. The molecule has 90 valence electrons. The Morgan fingerprint density at radius 3 is 2.76 bits per heavy atom. The minimum atomic E-state index is 0.588. The van der Waals surface area contributed by atoms with E-state index in [0.29, 0.717) is 5.41 Å². The Morgan fingerprint density at radius 2 is 2.06 bits per heavy atom. The van der Waals surface area contributed by atoms with E-state index in [4.69, 9.17) is 11.6 Å². The van der Waals surface area contributed by atoms with Crippen LogP contribution in [0, 0.1) is 11.3 Å². The van der Waals surface area contributed by atoms with Crippen LogP contribution in [0.25, 0.3) is 5.57 Å². The summed E-state index contributed by atoms with van der Waals surface area (Å²) < 4.78 is 0. The summed E-state index contributed by atoms with van der Waals surface area (Å²) in [6, 6.07) is 8.32. The lowest BCUT2D eigenvalue weighted by molar-refractivity contribution is 0.514. The normalized spacial score (nSPS) is 30.0. The van der Waals surface area contributed by atoms with Crippen LogP contribution >= 0.6 is 11.6 Å². The Bertz CT molecular complexity index is 443. The zero-order chi connectivity index (χ0) is 11.9. The highest BCUT2D eigenvalue weighted by atomic mass is 35.5. The van der Waals surface area contributed by atoms with Crippen LogP contribution in [0.4, 0.5) is 0 Å². The molecule has 3 rings (SSSR count). The summed E-state index contributed by atoms with van der Waals surface area (Å²) in [5.74, 6) is 0.944. The summed E-state index contributed by atoms with van der Waals surface area (Å²) >= 11 is 5.93. The smallest absolute Gasteiger partial charge is 0.0406 e. The van der Waals surface area contributed by atoms with Crippen molar-refractivity contribution in [2.45, 2.75) is 39.0 Å². The van der Waals surface area contributed by atoms with Crippen molar-refractivity contribution in [3.63, 3.8) is 0 Å². The van der Waals surface area contributed by atoms with Crippen molar-refractivity contribution in [3.05, 3.63) is 40.9 Å². The van der Waals surface area contributed by atoms with Gasteiger partial charge in [0.15, 0.2) is 0 Å². The van der Waals surface area contributed by atoms with Gasteiger partial charge in [-0.3, -0.25) is 0 Å². The van der Waals surface area contributed by atoms with E-state index in [1.807, 2.05) is 12.1 Å². The van der Waals surface area contributed by atoms with Crippen molar-refractivity contribution in [2.75, 3.05) is 0 Å². The van der Waals surface area contributed by atoms with Gasteiger partial charge in [-0.05, 0) is 53.9 Å².